The van der Waals surface area contributed by atoms with E-state index in [2.05, 4.69) is 9.72 Å². The van der Waals surface area contributed by atoms with Crippen molar-refractivity contribution in [3.05, 3.63) is 53.9 Å². The van der Waals surface area contributed by atoms with Crippen molar-refractivity contribution in [3.8, 4) is 11.1 Å². The van der Waals surface area contributed by atoms with Crippen LogP contribution in [-0.4, -0.2) is 29.1 Å². The van der Waals surface area contributed by atoms with Crippen LogP contribution in [0.5, 0.6) is 0 Å². The summed E-state index contributed by atoms with van der Waals surface area (Å²) in [5, 5.41) is 8.82. The smallest absolute Gasteiger partial charge is 0.356 e. The van der Waals surface area contributed by atoms with Gasteiger partial charge in [0.1, 0.15) is 5.69 Å². The Kier molecular flexibility index (Phi) is 3.56. The number of pyridine rings is 1. The maximum absolute atomic E-state index is 11.4. The number of rotatable bonds is 3. The summed E-state index contributed by atoms with van der Waals surface area (Å²) >= 11 is 0. The van der Waals surface area contributed by atoms with Gasteiger partial charge in [-0.25, -0.2) is 14.6 Å². The van der Waals surface area contributed by atoms with E-state index in [1.165, 1.54) is 25.4 Å². The number of esters is 1. The predicted octanol–water partition coefficient (Wildman–Crippen LogP) is 2.23. The van der Waals surface area contributed by atoms with Crippen molar-refractivity contribution >= 4 is 11.9 Å². The quantitative estimate of drug-likeness (QED) is 0.853. The summed E-state index contributed by atoms with van der Waals surface area (Å²) in [6.07, 6.45) is 1.51. The van der Waals surface area contributed by atoms with Crippen LogP contribution in [0.1, 0.15) is 20.8 Å². The lowest BCUT2D eigenvalue weighted by molar-refractivity contribution is 0.0593. The van der Waals surface area contributed by atoms with Crippen molar-refractivity contribution in [2.75, 3.05) is 7.11 Å². The number of nitrogens with zero attached hydrogens (tertiary/aromatic N) is 1. The molecule has 96 valence electrons. The van der Waals surface area contributed by atoms with Crippen LogP contribution in [0.3, 0.4) is 0 Å². The SMILES string of the molecule is COC(=O)c1cc(-c2ccc(C(=O)O)cc2)ccn1. The van der Waals surface area contributed by atoms with Crippen molar-refractivity contribution in [2.45, 2.75) is 0 Å². The summed E-state index contributed by atoms with van der Waals surface area (Å²) in [6.45, 7) is 0. The fourth-order valence-corrected chi connectivity index (χ4v) is 1.63. The highest BCUT2D eigenvalue weighted by molar-refractivity contribution is 5.90. The predicted molar refractivity (Wildman–Crippen MR) is 68.0 cm³/mol. The zero-order valence-electron chi connectivity index (χ0n) is 10.2. The van der Waals surface area contributed by atoms with Gasteiger partial charge in [0.05, 0.1) is 12.7 Å². The van der Waals surface area contributed by atoms with E-state index < -0.39 is 11.9 Å². The normalized spacial score (nSPS) is 9.95. The van der Waals surface area contributed by atoms with E-state index >= 15 is 0 Å². The first-order chi connectivity index (χ1) is 9.11. The number of aromatic carboxylic acids is 1. The number of benzene rings is 1. The van der Waals surface area contributed by atoms with Gasteiger partial charge in [-0.05, 0) is 35.4 Å². The van der Waals surface area contributed by atoms with Gasteiger partial charge in [0.25, 0.3) is 0 Å². The number of carbonyl (C=O) groups is 2. The number of ether oxygens (including phenoxy) is 1. The Morgan fingerprint density at radius 3 is 2.37 bits per heavy atom. The first kappa shape index (κ1) is 12.8. The zero-order chi connectivity index (χ0) is 13.8. The van der Waals surface area contributed by atoms with Crippen molar-refractivity contribution < 1.29 is 19.4 Å². The van der Waals surface area contributed by atoms with E-state index in [-0.39, 0.29) is 11.3 Å². The van der Waals surface area contributed by atoms with Crippen LogP contribution in [0.15, 0.2) is 42.6 Å². The standard InChI is InChI=1S/C14H11NO4/c1-19-14(18)12-8-11(6-7-15-12)9-2-4-10(5-3-9)13(16)17/h2-8H,1H3,(H,16,17). The Labute approximate surface area is 109 Å². The molecule has 0 bridgehead atoms. The Hall–Kier alpha value is -2.69. The molecule has 1 aromatic carbocycles. The van der Waals surface area contributed by atoms with Gasteiger partial charge in [0, 0.05) is 6.20 Å². The molecule has 0 saturated heterocycles. The van der Waals surface area contributed by atoms with E-state index in [0.29, 0.717) is 0 Å². The molecule has 0 fully saturated rings. The highest BCUT2D eigenvalue weighted by atomic mass is 16.5. The lowest BCUT2D eigenvalue weighted by Crippen LogP contribution is -2.03. The van der Waals surface area contributed by atoms with Crippen molar-refractivity contribution in [3.63, 3.8) is 0 Å². The molecular weight excluding hydrogens is 246 g/mol. The minimum Gasteiger partial charge on any atom is -0.478 e. The van der Waals surface area contributed by atoms with Crippen LogP contribution in [0.4, 0.5) is 0 Å². The average molecular weight is 257 g/mol. The van der Waals surface area contributed by atoms with E-state index in [9.17, 15) is 9.59 Å². The number of methoxy groups -OCH3 is 1. The maximum atomic E-state index is 11.4. The van der Waals surface area contributed by atoms with Gasteiger partial charge in [0.2, 0.25) is 0 Å². The molecule has 0 aliphatic heterocycles. The van der Waals surface area contributed by atoms with Crippen LogP contribution < -0.4 is 0 Å². The van der Waals surface area contributed by atoms with Crippen LogP contribution >= 0.6 is 0 Å². The van der Waals surface area contributed by atoms with Crippen LogP contribution in [-0.2, 0) is 4.74 Å². The molecule has 5 nitrogen and oxygen atoms in total. The van der Waals surface area contributed by atoms with Gasteiger partial charge in [-0.15, -0.1) is 0 Å². The Morgan fingerprint density at radius 1 is 1.11 bits per heavy atom. The number of hydrogen-bond donors (Lipinski definition) is 1. The third-order valence-electron chi connectivity index (χ3n) is 2.62. The lowest BCUT2D eigenvalue weighted by Gasteiger charge is -2.04. The molecule has 0 radical (unpaired) electrons. The molecule has 0 unspecified atom stereocenters. The van der Waals surface area contributed by atoms with Crippen molar-refractivity contribution in [1.29, 1.82) is 0 Å². The molecule has 0 saturated carbocycles. The Balaban J connectivity index is 2.36. The summed E-state index contributed by atoms with van der Waals surface area (Å²) in [7, 11) is 1.29. The number of hydrogen-bond acceptors (Lipinski definition) is 4. The Morgan fingerprint density at radius 2 is 1.79 bits per heavy atom. The number of carboxylic acid groups (broad SMARTS) is 1. The molecule has 0 aliphatic carbocycles. The van der Waals surface area contributed by atoms with Crippen molar-refractivity contribution in [2.24, 2.45) is 0 Å². The summed E-state index contributed by atoms with van der Waals surface area (Å²) < 4.78 is 4.60. The van der Waals surface area contributed by atoms with Gasteiger partial charge in [-0.2, -0.15) is 0 Å². The molecule has 1 heterocycles. The summed E-state index contributed by atoms with van der Waals surface area (Å²) in [6, 6.07) is 9.72. The number of aromatic nitrogens is 1. The third kappa shape index (κ3) is 2.77. The van der Waals surface area contributed by atoms with Crippen LogP contribution in [0.2, 0.25) is 0 Å². The highest BCUT2D eigenvalue weighted by Gasteiger charge is 2.09. The second kappa shape index (κ2) is 5.30. The summed E-state index contributed by atoms with van der Waals surface area (Å²) in [5.74, 6) is -1.49. The molecule has 2 aromatic rings. The van der Waals surface area contributed by atoms with Gasteiger partial charge < -0.3 is 9.84 Å². The summed E-state index contributed by atoms with van der Waals surface area (Å²) in [4.78, 5) is 26.1. The first-order valence-electron chi connectivity index (χ1n) is 5.50. The third-order valence-corrected chi connectivity index (χ3v) is 2.62. The van der Waals surface area contributed by atoms with Gasteiger partial charge in [0.15, 0.2) is 0 Å². The van der Waals surface area contributed by atoms with Crippen LogP contribution in [0, 0.1) is 0 Å². The molecule has 0 aliphatic rings. The fraction of sp³-hybridized carbons (Fsp3) is 0.0714. The molecular formula is C14H11NO4. The van der Waals surface area contributed by atoms with E-state index in [1.807, 2.05) is 0 Å². The molecule has 1 aromatic heterocycles. The molecule has 19 heavy (non-hydrogen) atoms. The molecule has 0 amide bonds. The minimum absolute atomic E-state index is 0.210. The summed E-state index contributed by atoms with van der Waals surface area (Å²) in [5.41, 5.74) is 2.00. The van der Waals surface area contributed by atoms with Gasteiger partial charge in [-0.3, -0.25) is 0 Å². The highest BCUT2D eigenvalue weighted by Crippen LogP contribution is 2.20. The number of carbonyl (C=O) groups excluding carboxylic acids is 1. The molecule has 2 rings (SSSR count). The van der Waals surface area contributed by atoms with Crippen LogP contribution in [0.25, 0.3) is 11.1 Å². The lowest BCUT2D eigenvalue weighted by atomic mass is 10.0. The topological polar surface area (TPSA) is 76.5 Å². The van der Waals surface area contributed by atoms with E-state index in [4.69, 9.17) is 5.11 Å². The first-order valence-corrected chi connectivity index (χ1v) is 5.50. The van der Waals surface area contributed by atoms with E-state index in [1.54, 1.807) is 24.3 Å². The second-order valence-corrected chi connectivity index (χ2v) is 3.80. The zero-order valence-corrected chi connectivity index (χ0v) is 10.2. The minimum atomic E-state index is -0.975. The van der Waals surface area contributed by atoms with Crippen molar-refractivity contribution in [1.82, 2.24) is 4.98 Å². The monoisotopic (exact) mass is 257 g/mol. The van der Waals surface area contributed by atoms with Gasteiger partial charge >= 0.3 is 11.9 Å². The molecule has 5 heteroatoms. The maximum Gasteiger partial charge on any atom is 0.356 e. The molecule has 0 spiro atoms. The van der Waals surface area contributed by atoms with Gasteiger partial charge in [-0.1, -0.05) is 12.1 Å². The van der Waals surface area contributed by atoms with E-state index in [0.717, 1.165) is 11.1 Å². The number of carboxylic acids is 1. The largest absolute Gasteiger partial charge is 0.478 e. The average Bonchev–Trinajstić information content (AvgIpc) is 2.46. The molecule has 0 atom stereocenters. The second-order valence-electron chi connectivity index (χ2n) is 3.80. The molecule has 1 N–H and O–H groups in total. The Bertz CT molecular complexity index is 620. The fourth-order valence-electron chi connectivity index (χ4n) is 1.63.